The number of hydrogen-bond donors (Lipinski definition) is 1. The number of nitrogens with one attached hydrogen (secondary N) is 1. The van der Waals surface area contributed by atoms with Crippen molar-refractivity contribution in [1.29, 1.82) is 0 Å². The van der Waals surface area contributed by atoms with E-state index in [2.05, 4.69) is 21.7 Å². The maximum Gasteiger partial charge on any atom is 0.240 e. The third-order valence-electron chi connectivity index (χ3n) is 5.22. The predicted octanol–water partition coefficient (Wildman–Crippen LogP) is 1.69. The standard InChI is InChI=1S/C18H22N4O3S/c1-2-22-10-17(20-21-22)26(24,25)11-16(23)19-18-14-7-3-5-12(14)9-13-6-4-8-15(13)18/h9-10H,2-8,11H2,1H3,(H,19,23). The topological polar surface area (TPSA) is 94.0 Å². The van der Waals surface area contributed by atoms with E-state index < -0.39 is 21.5 Å². The van der Waals surface area contributed by atoms with Gasteiger partial charge in [-0.1, -0.05) is 11.3 Å². The summed E-state index contributed by atoms with van der Waals surface area (Å²) in [6.45, 7) is 2.37. The van der Waals surface area contributed by atoms with Gasteiger partial charge in [0, 0.05) is 12.2 Å². The number of sulfone groups is 1. The number of hydrogen-bond acceptors (Lipinski definition) is 5. The second-order valence-corrected chi connectivity index (χ2v) is 8.89. The average molecular weight is 374 g/mol. The fourth-order valence-electron chi connectivity index (χ4n) is 3.97. The number of carbonyl (C=O) groups excluding carboxylic acids is 1. The van der Waals surface area contributed by atoms with Gasteiger partial charge < -0.3 is 5.32 Å². The van der Waals surface area contributed by atoms with Gasteiger partial charge in [-0.05, 0) is 67.7 Å². The molecule has 8 heteroatoms. The summed E-state index contributed by atoms with van der Waals surface area (Å²) >= 11 is 0. The quantitative estimate of drug-likeness (QED) is 0.859. The molecular formula is C18H22N4O3S. The van der Waals surface area contributed by atoms with Crippen molar-refractivity contribution in [3.8, 4) is 0 Å². The van der Waals surface area contributed by atoms with Crippen LogP contribution in [0.3, 0.4) is 0 Å². The van der Waals surface area contributed by atoms with Crippen molar-refractivity contribution in [2.24, 2.45) is 0 Å². The normalized spacial score (nSPS) is 15.7. The average Bonchev–Trinajstić information content (AvgIpc) is 3.33. The van der Waals surface area contributed by atoms with Crippen LogP contribution in [0, 0.1) is 0 Å². The van der Waals surface area contributed by atoms with E-state index in [1.165, 1.54) is 33.1 Å². The van der Waals surface area contributed by atoms with Gasteiger partial charge in [0.25, 0.3) is 0 Å². The zero-order chi connectivity index (χ0) is 18.3. The Hall–Kier alpha value is -2.22. The van der Waals surface area contributed by atoms with Gasteiger partial charge in [-0.25, -0.2) is 8.42 Å². The highest BCUT2D eigenvalue weighted by Gasteiger charge is 2.27. The Bertz CT molecular complexity index is 946. The van der Waals surface area contributed by atoms with Crippen molar-refractivity contribution in [2.45, 2.75) is 57.0 Å². The van der Waals surface area contributed by atoms with Crippen LogP contribution in [-0.4, -0.2) is 35.1 Å². The lowest BCUT2D eigenvalue weighted by Crippen LogP contribution is -2.24. The minimum atomic E-state index is -3.80. The molecule has 138 valence electrons. The van der Waals surface area contributed by atoms with Crippen molar-refractivity contribution < 1.29 is 13.2 Å². The van der Waals surface area contributed by atoms with Crippen LogP contribution in [0.25, 0.3) is 0 Å². The fraction of sp³-hybridized carbons (Fsp3) is 0.500. The van der Waals surface area contributed by atoms with Crippen molar-refractivity contribution >= 4 is 21.4 Å². The van der Waals surface area contributed by atoms with E-state index in [9.17, 15) is 13.2 Å². The number of carbonyl (C=O) groups is 1. The summed E-state index contributed by atoms with van der Waals surface area (Å²) in [5.74, 6) is -1.13. The zero-order valence-electron chi connectivity index (χ0n) is 14.8. The van der Waals surface area contributed by atoms with Gasteiger partial charge in [-0.3, -0.25) is 9.48 Å². The number of aromatic nitrogens is 3. The molecule has 0 aliphatic heterocycles. The molecule has 0 spiro atoms. The van der Waals surface area contributed by atoms with Crippen molar-refractivity contribution in [2.75, 3.05) is 11.1 Å². The Labute approximate surface area is 152 Å². The third kappa shape index (κ3) is 3.02. The molecule has 1 aromatic heterocycles. The number of anilines is 1. The number of rotatable bonds is 5. The monoisotopic (exact) mass is 374 g/mol. The molecule has 4 rings (SSSR count). The Kier molecular flexibility index (Phi) is 4.30. The molecule has 7 nitrogen and oxygen atoms in total. The van der Waals surface area contributed by atoms with Gasteiger partial charge in [0.1, 0.15) is 5.75 Å². The van der Waals surface area contributed by atoms with Gasteiger partial charge >= 0.3 is 0 Å². The second kappa shape index (κ2) is 6.50. The fourth-order valence-corrected chi connectivity index (χ4v) is 4.98. The molecule has 1 amide bonds. The van der Waals surface area contributed by atoms with Crippen LogP contribution >= 0.6 is 0 Å². The summed E-state index contributed by atoms with van der Waals surface area (Å²) < 4.78 is 26.3. The van der Waals surface area contributed by atoms with Crippen molar-refractivity contribution in [1.82, 2.24) is 15.0 Å². The maximum atomic E-state index is 12.5. The predicted molar refractivity (Wildman–Crippen MR) is 96.9 cm³/mol. The van der Waals surface area contributed by atoms with E-state index in [0.29, 0.717) is 6.54 Å². The molecule has 1 heterocycles. The summed E-state index contributed by atoms with van der Waals surface area (Å²) in [4.78, 5) is 12.5. The van der Waals surface area contributed by atoms with E-state index >= 15 is 0 Å². The van der Waals surface area contributed by atoms with E-state index in [0.717, 1.165) is 44.2 Å². The van der Waals surface area contributed by atoms with Crippen molar-refractivity contribution in [3.63, 3.8) is 0 Å². The summed E-state index contributed by atoms with van der Waals surface area (Å²) in [6.07, 6.45) is 7.47. The molecule has 2 aliphatic rings. The first kappa shape index (κ1) is 17.2. The molecular weight excluding hydrogens is 352 g/mol. The van der Waals surface area contributed by atoms with E-state index in [1.54, 1.807) is 0 Å². The minimum Gasteiger partial charge on any atom is -0.325 e. The second-order valence-electron chi connectivity index (χ2n) is 6.95. The molecule has 0 atom stereocenters. The molecule has 0 saturated heterocycles. The summed E-state index contributed by atoms with van der Waals surface area (Å²) in [5, 5.41) is 10.2. The van der Waals surface area contributed by atoms with E-state index in [-0.39, 0.29) is 5.03 Å². The SMILES string of the molecule is CCn1cc(S(=O)(=O)CC(=O)Nc2c3c(cc4c2CCC4)CCC3)nn1. The maximum absolute atomic E-state index is 12.5. The Balaban J connectivity index is 1.58. The number of fused-ring (bicyclic) bond motifs is 2. The van der Waals surface area contributed by atoms with Gasteiger partial charge in [0.05, 0.1) is 6.20 Å². The molecule has 2 aliphatic carbocycles. The lowest BCUT2D eigenvalue weighted by Gasteiger charge is -2.16. The van der Waals surface area contributed by atoms with Crippen LogP contribution in [0.15, 0.2) is 17.3 Å². The lowest BCUT2D eigenvalue weighted by molar-refractivity contribution is -0.113. The first-order chi connectivity index (χ1) is 12.5. The molecule has 26 heavy (non-hydrogen) atoms. The highest BCUT2D eigenvalue weighted by atomic mass is 32.2. The van der Waals surface area contributed by atoms with Gasteiger partial charge in [0.15, 0.2) is 5.03 Å². The van der Waals surface area contributed by atoms with Gasteiger partial charge in [-0.15, -0.1) is 5.10 Å². The molecule has 0 fully saturated rings. The molecule has 1 aromatic carbocycles. The summed E-state index contributed by atoms with van der Waals surface area (Å²) in [5.41, 5.74) is 5.84. The van der Waals surface area contributed by atoms with Crippen LogP contribution in [0.5, 0.6) is 0 Å². The van der Waals surface area contributed by atoms with Crippen LogP contribution in [0.2, 0.25) is 0 Å². The number of nitrogens with zero attached hydrogens (tertiary/aromatic N) is 3. The molecule has 1 N–H and O–H groups in total. The number of benzene rings is 1. The van der Waals surface area contributed by atoms with Crippen LogP contribution in [0.1, 0.15) is 42.0 Å². The third-order valence-corrected chi connectivity index (χ3v) is 6.69. The summed E-state index contributed by atoms with van der Waals surface area (Å²) in [6, 6.07) is 2.28. The Morgan fingerprint density at radius 3 is 2.38 bits per heavy atom. The number of aryl methyl sites for hydroxylation is 3. The first-order valence-electron chi connectivity index (χ1n) is 9.07. The van der Waals surface area contributed by atoms with Crippen LogP contribution in [-0.2, 0) is 46.9 Å². The lowest BCUT2D eigenvalue weighted by atomic mass is 9.98. The molecule has 0 saturated carbocycles. The zero-order valence-corrected chi connectivity index (χ0v) is 15.6. The molecule has 0 unspecified atom stereocenters. The minimum absolute atomic E-state index is 0.155. The van der Waals surface area contributed by atoms with Crippen LogP contribution in [0.4, 0.5) is 5.69 Å². The summed E-state index contributed by atoms with van der Waals surface area (Å²) in [7, 11) is -3.80. The van der Waals surface area contributed by atoms with Crippen molar-refractivity contribution in [3.05, 3.63) is 34.5 Å². The highest BCUT2D eigenvalue weighted by Crippen LogP contribution is 2.38. The molecule has 2 aromatic rings. The highest BCUT2D eigenvalue weighted by molar-refractivity contribution is 7.92. The van der Waals surface area contributed by atoms with E-state index in [1.807, 2.05) is 6.92 Å². The van der Waals surface area contributed by atoms with Gasteiger partial charge in [0.2, 0.25) is 15.7 Å². The van der Waals surface area contributed by atoms with E-state index in [4.69, 9.17) is 0 Å². The number of amides is 1. The van der Waals surface area contributed by atoms with Gasteiger partial charge in [-0.2, -0.15) is 0 Å². The molecule has 0 bridgehead atoms. The largest absolute Gasteiger partial charge is 0.325 e. The Morgan fingerprint density at radius 2 is 1.81 bits per heavy atom. The van der Waals surface area contributed by atoms with Crippen LogP contribution < -0.4 is 5.32 Å². The Morgan fingerprint density at radius 1 is 1.15 bits per heavy atom. The first-order valence-corrected chi connectivity index (χ1v) is 10.7. The molecule has 0 radical (unpaired) electrons. The smallest absolute Gasteiger partial charge is 0.240 e.